The first-order valence-corrected chi connectivity index (χ1v) is 7.02. The molecule has 0 bridgehead atoms. The number of hydrogen-bond donors (Lipinski definition) is 2. The third-order valence-corrected chi connectivity index (χ3v) is 3.36. The van der Waals surface area contributed by atoms with Crippen LogP contribution in [0.25, 0.3) is 5.69 Å². The number of halogens is 1. The second-order valence-corrected chi connectivity index (χ2v) is 4.84. The number of hydrogen-bond acceptors (Lipinski definition) is 5. The molecule has 3 rings (SSSR count). The summed E-state index contributed by atoms with van der Waals surface area (Å²) < 4.78 is 20.2. The van der Waals surface area contributed by atoms with Crippen LogP contribution in [-0.4, -0.2) is 28.0 Å². The van der Waals surface area contributed by atoms with Gasteiger partial charge in [-0.25, -0.2) is 4.39 Å². The van der Waals surface area contributed by atoms with E-state index in [4.69, 9.17) is 10.5 Å². The number of nitrogens with one attached hydrogen (secondary N) is 1. The van der Waals surface area contributed by atoms with Gasteiger partial charge in [-0.2, -0.15) is 4.68 Å². The minimum atomic E-state index is -0.654. The van der Waals surface area contributed by atoms with Crippen molar-refractivity contribution in [3.63, 3.8) is 0 Å². The molecule has 0 saturated carbocycles. The van der Waals surface area contributed by atoms with E-state index in [1.807, 2.05) is 0 Å². The summed E-state index contributed by atoms with van der Waals surface area (Å²) in [4.78, 5) is 12.3. The number of rotatable bonds is 4. The van der Waals surface area contributed by atoms with E-state index in [-0.39, 0.29) is 17.2 Å². The fourth-order valence-corrected chi connectivity index (χ4v) is 2.18. The van der Waals surface area contributed by atoms with Gasteiger partial charge in [-0.15, -0.1) is 5.10 Å². The Balaban J connectivity index is 1.93. The van der Waals surface area contributed by atoms with E-state index in [0.29, 0.717) is 11.4 Å². The monoisotopic (exact) mass is 327 g/mol. The number of nitrogen functional groups attached to an aromatic ring is 1. The smallest absolute Gasteiger partial charge is 0.280 e. The first-order valence-electron chi connectivity index (χ1n) is 7.02. The normalized spacial score (nSPS) is 10.4. The number of para-hydroxylation sites is 3. The number of nitrogens with zero attached hydrogens (tertiary/aromatic N) is 3. The van der Waals surface area contributed by atoms with Crippen LogP contribution in [0.2, 0.25) is 0 Å². The summed E-state index contributed by atoms with van der Waals surface area (Å²) in [6, 6.07) is 12.8. The number of amides is 1. The van der Waals surface area contributed by atoms with Gasteiger partial charge in [0.25, 0.3) is 5.91 Å². The molecule has 24 heavy (non-hydrogen) atoms. The van der Waals surface area contributed by atoms with Gasteiger partial charge in [-0.1, -0.05) is 29.5 Å². The molecule has 2 aromatic carbocycles. The molecule has 122 valence electrons. The molecule has 0 aliphatic rings. The lowest BCUT2D eigenvalue weighted by molar-refractivity contribution is 0.102. The Labute approximate surface area is 136 Å². The zero-order valence-electron chi connectivity index (χ0n) is 12.7. The van der Waals surface area contributed by atoms with Crippen LogP contribution in [0.1, 0.15) is 10.5 Å². The van der Waals surface area contributed by atoms with Gasteiger partial charge in [0, 0.05) is 0 Å². The molecule has 0 unspecified atom stereocenters. The molecule has 8 heteroatoms. The Morgan fingerprint density at radius 1 is 1.21 bits per heavy atom. The molecule has 1 amide bonds. The van der Waals surface area contributed by atoms with E-state index in [9.17, 15) is 9.18 Å². The predicted molar refractivity (Wildman–Crippen MR) is 86.7 cm³/mol. The standard InChI is InChI=1S/C16H14FN5O2/c1-24-13-9-5-4-8-12(13)22-15(18)14(20-21-22)16(23)19-11-7-3-2-6-10(11)17/h2-9H,18H2,1H3,(H,19,23). The molecule has 0 spiro atoms. The lowest BCUT2D eigenvalue weighted by Gasteiger charge is -2.09. The van der Waals surface area contributed by atoms with Crippen molar-refractivity contribution in [2.24, 2.45) is 0 Å². The highest BCUT2D eigenvalue weighted by Crippen LogP contribution is 2.25. The van der Waals surface area contributed by atoms with Crippen LogP contribution in [0.15, 0.2) is 48.5 Å². The number of carbonyl (C=O) groups is 1. The Bertz CT molecular complexity index is 894. The molecule has 0 aliphatic carbocycles. The SMILES string of the molecule is COc1ccccc1-n1nnc(C(=O)Nc2ccccc2F)c1N. The molecule has 0 aliphatic heterocycles. The fraction of sp³-hybridized carbons (Fsp3) is 0.0625. The maximum atomic E-state index is 13.6. The highest BCUT2D eigenvalue weighted by atomic mass is 19.1. The maximum Gasteiger partial charge on any atom is 0.280 e. The number of anilines is 2. The molecule has 1 aromatic heterocycles. The first-order chi connectivity index (χ1) is 11.6. The van der Waals surface area contributed by atoms with Gasteiger partial charge in [-0.05, 0) is 24.3 Å². The molecule has 0 radical (unpaired) electrons. The molecule has 0 atom stereocenters. The van der Waals surface area contributed by atoms with Crippen LogP contribution >= 0.6 is 0 Å². The summed E-state index contributed by atoms with van der Waals surface area (Å²) >= 11 is 0. The minimum Gasteiger partial charge on any atom is -0.494 e. The molecular weight excluding hydrogens is 313 g/mol. The molecule has 7 nitrogen and oxygen atoms in total. The quantitative estimate of drug-likeness (QED) is 0.766. The van der Waals surface area contributed by atoms with E-state index in [2.05, 4.69) is 15.6 Å². The third kappa shape index (κ3) is 2.76. The van der Waals surface area contributed by atoms with E-state index < -0.39 is 11.7 Å². The Morgan fingerprint density at radius 3 is 2.67 bits per heavy atom. The van der Waals surface area contributed by atoms with Crippen molar-refractivity contribution in [3.8, 4) is 11.4 Å². The first kappa shape index (κ1) is 15.5. The number of carbonyl (C=O) groups excluding carboxylic acids is 1. The largest absolute Gasteiger partial charge is 0.494 e. The van der Waals surface area contributed by atoms with Crippen molar-refractivity contribution in [1.29, 1.82) is 0 Å². The van der Waals surface area contributed by atoms with Crippen molar-refractivity contribution in [3.05, 3.63) is 60.0 Å². The predicted octanol–water partition coefficient (Wildman–Crippen LogP) is 2.25. The third-order valence-electron chi connectivity index (χ3n) is 3.36. The topological polar surface area (TPSA) is 95.1 Å². The van der Waals surface area contributed by atoms with E-state index >= 15 is 0 Å². The van der Waals surface area contributed by atoms with Crippen LogP contribution in [0.3, 0.4) is 0 Å². The zero-order valence-corrected chi connectivity index (χ0v) is 12.7. The lowest BCUT2D eigenvalue weighted by atomic mass is 10.2. The molecule has 3 N–H and O–H groups in total. The van der Waals surface area contributed by atoms with Crippen LogP contribution in [-0.2, 0) is 0 Å². The summed E-state index contributed by atoms with van der Waals surface area (Å²) in [7, 11) is 1.51. The Morgan fingerprint density at radius 2 is 1.92 bits per heavy atom. The van der Waals surface area contributed by atoms with Gasteiger partial charge in [0.1, 0.15) is 17.3 Å². The minimum absolute atomic E-state index is 0.0216. The van der Waals surface area contributed by atoms with Crippen molar-refractivity contribution < 1.29 is 13.9 Å². The van der Waals surface area contributed by atoms with Crippen molar-refractivity contribution >= 4 is 17.4 Å². The van der Waals surface area contributed by atoms with E-state index in [1.54, 1.807) is 30.3 Å². The fourth-order valence-electron chi connectivity index (χ4n) is 2.18. The average Bonchev–Trinajstić information content (AvgIpc) is 2.98. The Hall–Kier alpha value is -3.42. The van der Waals surface area contributed by atoms with Crippen LogP contribution in [0, 0.1) is 5.82 Å². The maximum absolute atomic E-state index is 13.6. The van der Waals surface area contributed by atoms with E-state index in [1.165, 1.54) is 30.0 Å². The van der Waals surface area contributed by atoms with Gasteiger partial charge in [0.05, 0.1) is 12.8 Å². The number of methoxy groups -OCH3 is 1. The summed E-state index contributed by atoms with van der Waals surface area (Å²) in [5, 5.41) is 10.1. The van der Waals surface area contributed by atoms with Crippen LogP contribution in [0.4, 0.5) is 15.9 Å². The zero-order chi connectivity index (χ0) is 17.1. The van der Waals surface area contributed by atoms with Crippen molar-refractivity contribution in [2.75, 3.05) is 18.2 Å². The van der Waals surface area contributed by atoms with Gasteiger partial charge in [0.15, 0.2) is 11.5 Å². The number of benzene rings is 2. The molecule has 0 fully saturated rings. The van der Waals surface area contributed by atoms with Gasteiger partial charge < -0.3 is 15.8 Å². The number of ether oxygens (including phenoxy) is 1. The summed E-state index contributed by atoms with van der Waals surface area (Å²) in [5.74, 6) is -0.663. The number of aromatic nitrogens is 3. The van der Waals surface area contributed by atoms with Crippen LogP contribution < -0.4 is 15.8 Å². The second kappa shape index (κ2) is 6.37. The average molecular weight is 327 g/mol. The van der Waals surface area contributed by atoms with Crippen LogP contribution in [0.5, 0.6) is 5.75 Å². The second-order valence-electron chi connectivity index (χ2n) is 4.84. The van der Waals surface area contributed by atoms with Gasteiger partial charge >= 0.3 is 0 Å². The van der Waals surface area contributed by atoms with Gasteiger partial charge in [-0.3, -0.25) is 4.79 Å². The molecule has 0 saturated heterocycles. The summed E-state index contributed by atoms with van der Waals surface area (Å²) in [5.41, 5.74) is 6.44. The molecule has 1 heterocycles. The molecule has 3 aromatic rings. The highest BCUT2D eigenvalue weighted by Gasteiger charge is 2.20. The summed E-state index contributed by atoms with van der Waals surface area (Å²) in [6.45, 7) is 0. The molecular formula is C16H14FN5O2. The lowest BCUT2D eigenvalue weighted by Crippen LogP contribution is -2.16. The Kier molecular flexibility index (Phi) is 4.11. The van der Waals surface area contributed by atoms with Crippen molar-refractivity contribution in [1.82, 2.24) is 15.0 Å². The number of nitrogens with two attached hydrogens (primary N) is 1. The van der Waals surface area contributed by atoms with Crippen molar-refractivity contribution in [2.45, 2.75) is 0 Å². The highest BCUT2D eigenvalue weighted by molar-refractivity contribution is 6.05. The van der Waals surface area contributed by atoms with Gasteiger partial charge in [0.2, 0.25) is 0 Å². The van der Waals surface area contributed by atoms with E-state index in [0.717, 1.165) is 0 Å². The summed E-state index contributed by atoms with van der Waals surface area (Å²) in [6.07, 6.45) is 0.